The molecule has 0 unspecified atom stereocenters. The van der Waals surface area contributed by atoms with E-state index in [-0.39, 0.29) is 5.91 Å². The van der Waals surface area contributed by atoms with Gasteiger partial charge in [0.2, 0.25) is 0 Å². The molecule has 3 rings (SSSR count). The van der Waals surface area contributed by atoms with Crippen LogP contribution in [0.25, 0.3) is 0 Å². The van der Waals surface area contributed by atoms with E-state index < -0.39 is 0 Å². The van der Waals surface area contributed by atoms with Crippen LogP contribution in [0.4, 0.5) is 0 Å². The maximum Gasteiger partial charge on any atom is 0.251 e. The summed E-state index contributed by atoms with van der Waals surface area (Å²) >= 11 is 0. The van der Waals surface area contributed by atoms with Crippen molar-refractivity contribution in [1.82, 2.24) is 19.8 Å². The van der Waals surface area contributed by atoms with Crippen LogP contribution in [0.3, 0.4) is 0 Å². The summed E-state index contributed by atoms with van der Waals surface area (Å²) < 4.78 is 2.17. The van der Waals surface area contributed by atoms with Crippen LogP contribution in [0, 0.1) is 0 Å². The first-order valence-corrected chi connectivity index (χ1v) is 7.66. The number of nitrogens with one attached hydrogen (secondary N) is 1. The molecule has 0 radical (unpaired) electrons. The largest absolute Gasteiger partial charge is 0.346 e. The Hall–Kier alpha value is -2.14. The first kappa shape index (κ1) is 14.8. The Morgan fingerprint density at radius 2 is 2.05 bits per heavy atom. The molecule has 2 aromatic rings. The van der Waals surface area contributed by atoms with Gasteiger partial charge in [0, 0.05) is 24.3 Å². The lowest BCUT2D eigenvalue weighted by Gasteiger charge is -2.11. The van der Waals surface area contributed by atoms with E-state index in [9.17, 15) is 4.79 Å². The van der Waals surface area contributed by atoms with Crippen molar-refractivity contribution in [1.29, 1.82) is 0 Å². The van der Waals surface area contributed by atoms with Crippen LogP contribution in [-0.4, -0.2) is 34.5 Å². The van der Waals surface area contributed by atoms with Crippen LogP contribution >= 0.6 is 0 Å². The third kappa shape index (κ3) is 3.54. The Morgan fingerprint density at radius 1 is 1.32 bits per heavy atom. The molecule has 1 aromatic heterocycles. The van der Waals surface area contributed by atoms with E-state index in [1.165, 1.54) is 18.4 Å². The number of hydrogen-bond donors (Lipinski definition) is 1. The SMILES string of the molecule is CN(C)Cc1ccc(C(=O)NCc2cncn2C2CC2)cc1. The molecule has 0 saturated heterocycles. The molecular weight excluding hydrogens is 276 g/mol. The zero-order valence-corrected chi connectivity index (χ0v) is 13.1. The minimum atomic E-state index is -0.0417. The standard InChI is InChI=1S/C17H22N4O/c1-20(2)11-13-3-5-14(6-4-13)17(22)19-10-16-9-18-12-21(16)15-7-8-15/h3-6,9,12,15H,7-8,10-11H2,1-2H3,(H,19,22). The molecule has 5 nitrogen and oxygen atoms in total. The van der Waals surface area contributed by atoms with E-state index in [0.29, 0.717) is 18.2 Å². The molecule has 1 aromatic carbocycles. The molecule has 0 bridgehead atoms. The molecule has 0 atom stereocenters. The Kier molecular flexibility index (Phi) is 4.24. The quantitative estimate of drug-likeness (QED) is 0.889. The summed E-state index contributed by atoms with van der Waals surface area (Å²) in [5, 5.41) is 2.97. The summed E-state index contributed by atoms with van der Waals surface area (Å²) in [6, 6.07) is 8.35. The topological polar surface area (TPSA) is 50.2 Å². The minimum Gasteiger partial charge on any atom is -0.346 e. The van der Waals surface area contributed by atoms with Gasteiger partial charge < -0.3 is 14.8 Å². The number of nitrogens with zero attached hydrogens (tertiary/aromatic N) is 3. The molecule has 1 heterocycles. The maximum atomic E-state index is 12.2. The molecule has 5 heteroatoms. The van der Waals surface area contributed by atoms with Crippen molar-refractivity contribution in [3.63, 3.8) is 0 Å². The van der Waals surface area contributed by atoms with Gasteiger partial charge in [-0.05, 0) is 44.6 Å². The highest BCUT2D eigenvalue weighted by Gasteiger charge is 2.25. The van der Waals surface area contributed by atoms with Crippen molar-refractivity contribution in [2.45, 2.75) is 32.0 Å². The third-order valence-electron chi connectivity index (χ3n) is 3.83. The lowest BCUT2D eigenvalue weighted by molar-refractivity contribution is 0.0950. The first-order chi connectivity index (χ1) is 10.6. The van der Waals surface area contributed by atoms with Crippen molar-refractivity contribution in [3.05, 3.63) is 53.6 Å². The number of amides is 1. The lowest BCUT2D eigenvalue weighted by Crippen LogP contribution is -2.24. The number of aromatic nitrogens is 2. The van der Waals surface area contributed by atoms with E-state index in [1.54, 1.807) is 0 Å². The number of carbonyl (C=O) groups is 1. The van der Waals surface area contributed by atoms with Gasteiger partial charge in [-0.1, -0.05) is 12.1 Å². The summed E-state index contributed by atoms with van der Waals surface area (Å²) in [6.07, 6.45) is 6.11. The van der Waals surface area contributed by atoms with Gasteiger partial charge in [0.25, 0.3) is 5.91 Å². The molecule has 22 heavy (non-hydrogen) atoms. The Balaban J connectivity index is 1.58. The van der Waals surface area contributed by atoms with E-state index in [1.807, 2.05) is 50.9 Å². The van der Waals surface area contributed by atoms with E-state index in [4.69, 9.17) is 0 Å². The van der Waals surface area contributed by atoms with Crippen LogP contribution in [0.2, 0.25) is 0 Å². The van der Waals surface area contributed by atoms with Crippen LogP contribution in [0.15, 0.2) is 36.8 Å². The molecule has 0 aliphatic heterocycles. The first-order valence-electron chi connectivity index (χ1n) is 7.66. The molecule has 0 spiro atoms. The number of rotatable bonds is 6. The summed E-state index contributed by atoms with van der Waals surface area (Å²) in [4.78, 5) is 18.5. The van der Waals surface area contributed by atoms with E-state index in [0.717, 1.165) is 12.2 Å². The van der Waals surface area contributed by atoms with Crippen molar-refractivity contribution in [2.24, 2.45) is 0 Å². The van der Waals surface area contributed by atoms with Crippen molar-refractivity contribution in [3.8, 4) is 0 Å². The summed E-state index contributed by atoms with van der Waals surface area (Å²) in [5.41, 5.74) is 2.97. The minimum absolute atomic E-state index is 0.0417. The van der Waals surface area contributed by atoms with Crippen LogP contribution in [0.5, 0.6) is 0 Å². The molecule has 1 aliphatic carbocycles. The molecule has 1 saturated carbocycles. The number of carbonyl (C=O) groups excluding carboxylic acids is 1. The molecule has 1 amide bonds. The van der Waals surface area contributed by atoms with Crippen LogP contribution in [-0.2, 0) is 13.1 Å². The summed E-state index contributed by atoms with van der Waals surface area (Å²) in [7, 11) is 4.06. The van der Waals surface area contributed by atoms with Gasteiger partial charge in [0.05, 0.1) is 18.6 Å². The highest BCUT2D eigenvalue weighted by molar-refractivity contribution is 5.94. The van der Waals surface area contributed by atoms with Crippen molar-refractivity contribution < 1.29 is 4.79 Å². The number of benzene rings is 1. The fourth-order valence-corrected chi connectivity index (χ4v) is 2.55. The van der Waals surface area contributed by atoms with Gasteiger partial charge in [0.1, 0.15) is 0 Å². The van der Waals surface area contributed by atoms with Gasteiger partial charge in [-0.3, -0.25) is 4.79 Å². The van der Waals surface area contributed by atoms with Crippen molar-refractivity contribution in [2.75, 3.05) is 14.1 Å². The summed E-state index contributed by atoms with van der Waals surface area (Å²) in [5.74, 6) is -0.0417. The maximum absolute atomic E-state index is 12.2. The second-order valence-electron chi connectivity index (χ2n) is 6.14. The molecule has 1 N–H and O–H groups in total. The van der Waals surface area contributed by atoms with Crippen LogP contribution in [0.1, 0.15) is 40.5 Å². The zero-order chi connectivity index (χ0) is 15.5. The lowest BCUT2D eigenvalue weighted by atomic mass is 10.1. The van der Waals surface area contributed by atoms with E-state index >= 15 is 0 Å². The van der Waals surface area contributed by atoms with Gasteiger partial charge in [0.15, 0.2) is 0 Å². The Morgan fingerprint density at radius 3 is 2.68 bits per heavy atom. The van der Waals surface area contributed by atoms with Gasteiger partial charge in [-0.15, -0.1) is 0 Å². The number of hydrogen-bond acceptors (Lipinski definition) is 3. The van der Waals surface area contributed by atoms with Gasteiger partial charge in [-0.2, -0.15) is 0 Å². The molecule has 1 aliphatic rings. The van der Waals surface area contributed by atoms with Gasteiger partial charge >= 0.3 is 0 Å². The Bertz CT molecular complexity index is 641. The second-order valence-corrected chi connectivity index (χ2v) is 6.14. The van der Waals surface area contributed by atoms with Crippen molar-refractivity contribution >= 4 is 5.91 Å². The number of imidazole rings is 1. The summed E-state index contributed by atoms with van der Waals surface area (Å²) in [6.45, 7) is 1.40. The average molecular weight is 298 g/mol. The smallest absolute Gasteiger partial charge is 0.251 e. The van der Waals surface area contributed by atoms with Crippen LogP contribution < -0.4 is 5.32 Å². The molecular formula is C17H22N4O. The predicted octanol–water partition coefficient (Wildman–Crippen LogP) is 2.21. The predicted molar refractivity (Wildman–Crippen MR) is 85.5 cm³/mol. The zero-order valence-electron chi connectivity index (χ0n) is 13.1. The fourth-order valence-electron chi connectivity index (χ4n) is 2.55. The van der Waals surface area contributed by atoms with E-state index in [2.05, 4.69) is 19.8 Å². The third-order valence-corrected chi connectivity index (χ3v) is 3.83. The fraction of sp³-hybridized carbons (Fsp3) is 0.412. The second kappa shape index (κ2) is 6.32. The normalized spacial score (nSPS) is 14.3. The monoisotopic (exact) mass is 298 g/mol. The molecule has 1 fully saturated rings. The Labute approximate surface area is 131 Å². The highest BCUT2D eigenvalue weighted by atomic mass is 16.1. The average Bonchev–Trinajstić information content (AvgIpc) is 3.23. The highest BCUT2D eigenvalue weighted by Crippen LogP contribution is 2.35. The molecule has 116 valence electrons. The van der Waals surface area contributed by atoms with Gasteiger partial charge in [-0.25, -0.2) is 4.98 Å².